The number of H-pyrrole nitrogens is 1. The van der Waals surface area contributed by atoms with E-state index in [1.165, 1.54) is 0 Å². The Balaban J connectivity index is 3.00. The second-order valence-electron chi connectivity index (χ2n) is 4.80. The van der Waals surface area contributed by atoms with Gasteiger partial charge in [-0.2, -0.15) is 0 Å². The molecule has 1 heterocycles. The molecule has 0 aromatic carbocycles. The van der Waals surface area contributed by atoms with Crippen molar-refractivity contribution in [1.29, 1.82) is 0 Å². The van der Waals surface area contributed by atoms with Crippen molar-refractivity contribution in [3.05, 3.63) is 20.6 Å². The molecule has 0 aliphatic heterocycles. The molecule has 0 aliphatic carbocycles. The number of halogens is 1. The van der Waals surface area contributed by atoms with Crippen molar-refractivity contribution in [2.75, 3.05) is 0 Å². The maximum atomic E-state index is 5.25. The van der Waals surface area contributed by atoms with Crippen molar-refractivity contribution < 1.29 is 0 Å². The molecule has 0 fully saturated rings. The van der Waals surface area contributed by atoms with Gasteiger partial charge in [-0.3, -0.25) is 0 Å². The first kappa shape index (κ1) is 13.8. The molecule has 0 saturated heterocycles. The van der Waals surface area contributed by atoms with Crippen molar-refractivity contribution in [2.45, 2.75) is 46.5 Å². The molecule has 0 unspecified atom stereocenters. The van der Waals surface area contributed by atoms with Crippen LogP contribution in [0, 0.1) is 10.6 Å². The fourth-order valence-corrected chi connectivity index (χ4v) is 2.33. The molecule has 1 rings (SSSR count). The van der Waals surface area contributed by atoms with Crippen LogP contribution in [0.4, 0.5) is 0 Å². The Hall–Kier alpha value is -0.220. The summed E-state index contributed by atoms with van der Waals surface area (Å²) in [5.41, 5.74) is 1.15. The van der Waals surface area contributed by atoms with Crippen molar-refractivity contribution in [3.63, 3.8) is 0 Å². The standard InChI is InChI=1S/C12H19BrN2S/c1-7(2)5-6-9-14-11(8(3)4)10(13)12(16)15-9/h7-8H,5-6H2,1-4H3,(H,14,15,16). The zero-order chi connectivity index (χ0) is 12.3. The molecular formula is C12H19BrN2S. The van der Waals surface area contributed by atoms with Crippen LogP contribution in [0.5, 0.6) is 0 Å². The lowest BCUT2D eigenvalue weighted by Gasteiger charge is -2.12. The van der Waals surface area contributed by atoms with Crippen LogP contribution in [-0.2, 0) is 6.42 Å². The highest BCUT2D eigenvalue weighted by atomic mass is 79.9. The third-order valence-electron chi connectivity index (χ3n) is 2.48. The minimum absolute atomic E-state index is 0.428. The van der Waals surface area contributed by atoms with E-state index >= 15 is 0 Å². The summed E-state index contributed by atoms with van der Waals surface area (Å²) < 4.78 is 1.60. The normalized spacial score (nSPS) is 11.4. The van der Waals surface area contributed by atoms with E-state index in [4.69, 9.17) is 12.2 Å². The summed E-state index contributed by atoms with van der Waals surface area (Å²) in [6.45, 7) is 8.74. The number of nitrogens with zero attached hydrogens (tertiary/aromatic N) is 1. The van der Waals surface area contributed by atoms with Crippen LogP contribution in [0.2, 0.25) is 0 Å². The molecule has 0 bridgehead atoms. The predicted octanol–water partition coefficient (Wildman–Crippen LogP) is 4.61. The number of aromatic amines is 1. The molecule has 0 saturated carbocycles. The smallest absolute Gasteiger partial charge is 0.144 e. The summed E-state index contributed by atoms with van der Waals surface area (Å²) >= 11 is 8.75. The first-order chi connectivity index (χ1) is 7.41. The zero-order valence-electron chi connectivity index (χ0n) is 10.3. The Kier molecular flexibility index (Phi) is 5.12. The Labute approximate surface area is 111 Å². The van der Waals surface area contributed by atoms with Crippen LogP contribution < -0.4 is 0 Å². The molecule has 0 radical (unpaired) electrons. The van der Waals surface area contributed by atoms with Gasteiger partial charge in [-0.15, -0.1) is 0 Å². The molecule has 1 N–H and O–H groups in total. The van der Waals surface area contributed by atoms with E-state index in [2.05, 4.69) is 53.6 Å². The van der Waals surface area contributed by atoms with Gasteiger partial charge in [0.25, 0.3) is 0 Å². The molecule has 0 atom stereocenters. The van der Waals surface area contributed by atoms with Gasteiger partial charge in [0, 0.05) is 12.1 Å². The van der Waals surface area contributed by atoms with Crippen LogP contribution in [-0.4, -0.2) is 9.97 Å². The largest absolute Gasteiger partial charge is 0.346 e. The van der Waals surface area contributed by atoms with E-state index in [9.17, 15) is 0 Å². The van der Waals surface area contributed by atoms with Crippen molar-refractivity contribution >= 4 is 28.1 Å². The highest BCUT2D eigenvalue weighted by molar-refractivity contribution is 9.10. The van der Waals surface area contributed by atoms with Crippen LogP contribution in [0.25, 0.3) is 0 Å². The Morgan fingerprint density at radius 1 is 1.31 bits per heavy atom. The fraction of sp³-hybridized carbons (Fsp3) is 0.667. The third kappa shape index (κ3) is 3.67. The van der Waals surface area contributed by atoms with Gasteiger partial charge >= 0.3 is 0 Å². The van der Waals surface area contributed by atoms with E-state index in [1.807, 2.05) is 0 Å². The third-order valence-corrected chi connectivity index (χ3v) is 3.84. The van der Waals surface area contributed by atoms with Gasteiger partial charge in [-0.05, 0) is 34.2 Å². The van der Waals surface area contributed by atoms with Crippen molar-refractivity contribution in [3.8, 4) is 0 Å². The lowest BCUT2D eigenvalue weighted by atomic mass is 10.1. The molecule has 2 nitrogen and oxygen atoms in total. The van der Waals surface area contributed by atoms with E-state index in [1.54, 1.807) is 0 Å². The van der Waals surface area contributed by atoms with Crippen molar-refractivity contribution in [2.24, 2.45) is 5.92 Å². The van der Waals surface area contributed by atoms with E-state index in [0.29, 0.717) is 16.5 Å². The summed E-state index contributed by atoms with van der Waals surface area (Å²) in [5.74, 6) is 2.12. The molecule has 0 aliphatic rings. The zero-order valence-corrected chi connectivity index (χ0v) is 12.7. The predicted molar refractivity (Wildman–Crippen MR) is 74.4 cm³/mol. The van der Waals surface area contributed by atoms with Crippen LogP contribution in [0.1, 0.15) is 51.6 Å². The fourth-order valence-electron chi connectivity index (χ4n) is 1.47. The minimum Gasteiger partial charge on any atom is -0.346 e. The highest BCUT2D eigenvalue weighted by Crippen LogP contribution is 2.23. The van der Waals surface area contributed by atoms with Gasteiger partial charge < -0.3 is 4.98 Å². The van der Waals surface area contributed by atoms with E-state index in [0.717, 1.165) is 28.8 Å². The molecule has 0 spiro atoms. The maximum absolute atomic E-state index is 5.25. The minimum atomic E-state index is 0.428. The number of aryl methyl sites for hydroxylation is 1. The number of nitrogens with one attached hydrogen (secondary N) is 1. The molecule has 1 aromatic rings. The van der Waals surface area contributed by atoms with Gasteiger partial charge in [0.2, 0.25) is 0 Å². The quantitative estimate of drug-likeness (QED) is 0.823. The van der Waals surface area contributed by atoms with E-state index < -0.39 is 0 Å². The summed E-state index contributed by atoms with van der Waals surface area (Å²) in [4.78, 5) is 7.78. The SMILES string of the molecule is CC(C)CCc1nc(=S)c(Br)c(C(C)C)[nH]1. The second kappa shape index (κ2) is 5.92. The van der Waals surface area contributed by atoms with Gasteiger partial charge in [0.1, 0.15) is 10.5 Å². The monoisotopic (exact) mass is 302 g/mol. The van der Waals surface area contributed by atoms with E-state index in [-0.39, 0.29) is 0 Å². The summed E-state index contributed by atoms with van der Waals surface area (Å²) in [7, 11) is 0. The number of hydrogen-bond acceptors (Lipinski definition) is 2. The Morgan fingerprint density at radius 3 is 2.44 bits per heavy atom. The topological polar surface area (TPSA) is 28.7 Å². The van der Waals surface area contributed by atoms with Crippen LogP contribution in [0.3, 0.4) is 0 Å². The summed E-state index contributed by atoms with van der Waals surface area (Å²) in [5, 5.41) is 0. The number of hydrogen-bond donors (Lipinski definition) is 1. The first-order valence-corrected chi connectivity index (χ1v) is 6.90. The van der Waals surface area contributed by atoms with Crippen LogP contribution in [0.15, 0.2) is 4.47 Å². The Morgan fingerprint density at radius 2 is 1.94 bits per heavy atom. The summed E-state index contributed by atoms with van der Waals surface area (Å²) in [6, 6.07) is 0. The van der Waals surface area contributed by atoms with Crippen LogP contribution >= 0.6 is 28.1 Å². The number of aromatic nitrogens is 2. The summed E-state index contributed by atoms with van der Waals surface area (Å²) in [6.07, 6.45) is 2.10. The second-order valence-corrected chi connectivity index (χ2v) is 5.98. The van der Waals surface area contributed by atoms with Gasteiger partial charge in [0.05, 0.1) is 4.47 Å². The average Bonchev–Trinajstić information content (AvgIpc) is 2.19. The highest BCUT2D eigenvalue weighted by Gasteiger charge is 2.09. The molecule has 90 valence electrons. The van der Waals surface area contributed by atoms with Gasteiger partial charge in [0.15, 0.2) is 0 Å². The number of rotatable bonds is 4. The lowest BCUT2D eigenvalue weighted by Crippen LogP contribution is -2.04. The maximum Gasteiger partial charge on any atom is 0.144 e. The Bertz CT molecular complexity index is 410. The van der Waals surface area contributed by atoms with Crippen molar-refractivity contribution in [1.82, 2.24) is 9.97 Å². The molecule has 4 heteroatoms. The van der Waals surface area contributed by atoms with Gasteiger partial charge in [-0.25, -0.2) is 4.98 Å². The first-order valence-electron chi connectivity index (χ1n) is 5.70. The molecule has 0 amide bonds. The molecule has 16 heavy (non-hydrogen) atoms. The molecule has 1 aromatic heterocycles. The lowest BCUT2D eigenvalue weighted by molar-refractivity contribution is 0.571. The van der Waals surface area contributed by atoms with Gasteiger partial charge in [-0.1, -0.05) is 39.9 Å². The average molecular weight is 303 g/mol. The molecular weight excluding hydrogens is 284 g/mol.